The molecule has 5 rings (SSSR count). The minimum atomic E-state index is -0.210. The largest absolute Gasteiger partial charge is 0.440 e. The van der Waals surface area contributed by atoms with Gasteiger partial charge in [-0.05, 0) is 56.5 Å². The lowest BCUT2D eigenvalue weighted by Crippen LogP contribution is -2.32. The van der Waals surface area contributed by atoms with Crippen molar-refractivity contribution in [1.29, 1.82) is 0 Å². The van der Waals surface area contributed by atoms with Gasteiger partial charge in [-0.1, -0.05) is 0 Å². The molecule has 2 aromatic heterocycles. The number of amides is 1. The molecule has 1 unspecified atom stereocenters. The predicted molar refractivity (Wildman–Crippen MR) is 97.3 cm³/mol. The van der Waals surface area contributed by atoms with Crippen LogP contribution < -0.4 is 10.6 Å². The van der Waals surface area contributed by atoms with Gasteiger partial charge in [0, 0.05) is 24.3 Å². The fraction of sp³-hybridized carbons (Fsp3) is 0.421. The Morgan fingerprint density at radius 3 is 3.00 bits per heavy atom. The maximum atomic E-state index is 12.5. The monoisotopic (exact) mass is 351 g/mol. The molecule has 3 heterocycles. The molecule has 7 heteroatoms. The van der Waals surface area contributed by atoms with Gasteiger partial charge in [0.2, 0.25) is 0 Å². The summed E-state index contributed by atoms with van der Waals surface area (Å²) in [7, 11) is 0. The standard InChI is InChI=1S/C19H21N5O2/c25-18(15-7-9-24(23-15)14-2-1-8-20-11-14)21-13-5-6-17-16(10-13)22-19(26-17)12-3-4-12/h5-7,9-10,12,14,20H,1-4,8,11H2,(H,21,25). The van der Waals surface area contributed by atoms with Crippen LogP contribution in [-0.4, -0.2) is 33.8 Å². The molecule has 1 aliphatic heterocycles. The molecule has 0 spiro atoms. The second-order valence-electron chi connectivity index (χ2n) is 7.14. The van der Waals surface area contributed by atoms with Gasteiger partial charge in [-0.15, -0.1) is 0 Å². The Kier molecular flexibility index (Phi) is 3.74. The number of anilines is 1. The fourth-order valence-electron chi connectivity index (χ4n) is 3.44. The summed E-state index contributed by atoms with van der Waals surface area (Å²) in [5.41, 5.74) is 2.67. The number of nitrogens with zero attached hydrogens (tertiary/aromatic N) is 3. The topological polar surface area (TPSA) is 85.0 Å². The van der Waals surface area contributed by atoms with Gasteiger partial charge in [-0.25, -0.2) is 4.98 Å². The highest BCUT2D eigenvalue weighted by atomic mass is 16.3. The lowest BCUT2D eigenvalue weighted by Gasteiger charge is -2.22. The SMILES string of the molecule is O=C(Nc1ccc2oc(C3CC3)nc2c1)c1ccn(C2CCCNC2)n1. The summed E-state index contributed by atoms with van der Waals surface area (Å²) < 4.78 is 7.65. The Hall–Kier alpha value is -2.67. The van der Waals surface area contributed by atoms with Crippen LogP contribution in [-0.2, 0) is 0 Å². The van der Waals surface area contributed by atoms with Crippen LogP contribution in [0.5, 0.6) is 0 Å². The number of hydrogen-bond donors (Lipinski definition) is 2. The fourth-order valence-corrected chi connectivity index (χ4v) is 3.44. The van der Waals surface area contributed by atoms with Crippen LogP contribution in [0.1, 0.15) is 54.0 Å². The molecule has 2 fully saturated rings. The molecular formula is C19H21N5O2. The van der Waals surface area contributed by atoms with E-state index in [1.165, 1.54) is 0 Å². The average molecular weight is 351 g/mol. The van der Waals surface area contributed by atoms with E-state index in [4.69, 9.17) is 4.42 Å². The third-order valence-electron chi connectivity index (χ3n) is 5.07. The van der Waals surface area contributed by atoms with Crippen molar-refractivity contribution in [1.82, 2.24) is 20.1 Å². The van der Waals surface area contributed by atoms with Gasteiger partial charge in [0.05, 0.1) is 6.04 Å². The lowest BCUT2D eigenvalue weighted by atomic mass is 10.1. The molecule has 26 heavy (non-hydrogen) atoms. The number of nitrogens with one attached hydrogen (secondary N) is 2. The quantitative estimate of drug-likeness (QED) is 0.754. The number of carbonyl (C=O) groups is 1. The van der Waals surface area contributed by atoms with Gasteiger partial charge < -0.3 is 15.1 Å². The van der Waals surface area contributed by atoms with Crippen molar-refractivity contribution in [2.75, 3.05) is 18.4 Å². The summed E-state index contributed by atoms with van der Waals surface area (Å²) in [6.07, 6.45) is 6.40. The second-order valence-corrected chi connectivity index (χ2v) is 7.14. The molecule has 3 aromatic rings. The first-order valence-electron chi connectivity index (χ1n) is 9.24. The van der Waals surface area contributed by atoms with E-state index >= 15 is 0 Å². The van der Waals surface area contributed by atoms with Gasteiger partial charge in [0.15, 0.2) is 17.2 Å². The predicted octanol–water partition coefficient (Wildman–Crippen LogP) is 3.08. The number of aromatic nitrogens is 3. The minimum absolute atomic E-state index is 0.210. The molecule has 0 bridgehead atoms. The van der Waals surface area contributed by atoms with Crippen LogP contribution in [0.2, 0.25) is 0 Å². The Bertz CT molecular complexity index is 950. The van der Waals surface area contributed by atoms with E-state index in [1.54, 1.807) is 6.07 Å². The average Bonchev–Trinajstić information content (AvgIpc) is 3.24. The first kappa shape index (κ1) is 15.6. The zero-order valence-corrected chi connectivity index (χ0v) is 14.4. The summed E-state index contributed by atoms with van der Waals surface area (Å²) in [4.78, 5) is 17.1. The summed E-state index contributed by atoms with van der Waals surface area (Å²) in [6, 6.07) is 7.63. The van der Waals surface area contributed by atoms with Crippen molar-refractivity contribution in [2.45, 2.75) is 37.6 Å². The Morgan fingerprint density at radius 2 is 2.19 bits per heavy atom. The number of oxazole rings is 1. The smallest absolute Gasteiger partial charge is 0.276 e. The molecule has 2 N–H and O–H groups in total. The van der Waals surface area contributed by atoms with Crippen LogP contribution in [0, 0.1) is 0 Å². The summed E-state index contributed by atoms with van der Waals surface area (Å²) in [5, 5.41) is 10.7. The molecular weight excluding hydrogens is 330 g/mol. The van der Waals surface area contributed by atoms with E-state index in [2.05, 4.69) is 20.7 Å². The molecule has 134 valence electrons. The third kappa shape index (κ3) is 2.99. The van der Waals surface area contributed by atoms with Crippen LogP contribution in [0.4, 0.5) is 5.69 Å². The Morgan fingerprint density at radius 1 is 1.27 bits per heavy atom. The zero-order chi connectivity index (χ0) is 17.5. The number of piperidine rings is 1. The highest BCUT2D eigenvalue weighted by molar-refractivity contribution is 6.03. The van der Waals surface area contributed by atoms with E-state index in [-0.39, 0.29) is 5.91 Å². The lowest BCUT2D eigenvalue weighted by molar-refractivity contribution is 0.102. The molecule has 1 aliphatic carbocycles. The number of fused-ring (bicyclic) bond motifs is 1. The molecule has 1 saturated carbocycles. The number of hydrogen-bond acceptors (Lipinski definition) is 5. The molecule has 2 aliphatic rings. The first-order chi connectivity index (χ1) is 12.8. The summed E-state index contributed by atoms with van der Waals surface area (Å²) in [6.45, 7) is 1.95. The third-order valence-corrected chi connectivity index (χ3v) is 5.07. The Labute approximate surface area is 150 Å². The number of benzene rings is 1. The number of rotatable bonds is 4. The highest BCUT2D eigenvalue weighted by Gasteiger charge is 2.29. The summed E-state index contributed by atoms with van der Waals surface area (Å²) in [5.74, 6) is 1.07. The normalized spacial score (nSPS) is 20.4. The maximum Gasteiger partial charge on any atom is 0.276 e. The minimum Gasteiger partial charge on any atom is -0.440 e. The van der Waals surface area contributed by atoms with Crippen LogP contribution >= 0.6 is 0 Å². The maximum absolute atomic E-state index is 12.5. The Balaban J connectivity index is 1.31. The van der Waals surface area contributed by atoms with Crippen molar-refractivity contribution in [3.63, 3.8) is 0 Å². The van der Waals surface area contributed by atoms with Gasteiger partial charge in [-0.2, -0.15) is 5.10 Å². The van der Waals surface area contributed by atoms with Crippen molar-refractivity contribution >= 4 is 22.7 Å². The van der Waals surface area contributed by atoms with Gasteiger partial charge in [0.1, 0.15) is 5.52 Å². The first-order valence-corrected chi connectivity index (χ1v) is 9.24. The van der Waals surface area contributed by atoms with Crippen LogP contribution in [0.25, 0.3) is 11.1 Å². The molecule has 1 atom stereocenters. The van der Waals surface area contributed by atoms with Crippen molar-refractivity contribution in [3.05, 3.63) is 42.0 Å². The zero-order valence-electron chi connectivity index (χ0n) is 14.4. The molecule has 0 radical (unpaired) electrons. The van der Waals surface area contributed by atoms with E-state index in [1.807, 2.05) is 29.1 Å². The molecule has 1 saturated heterocycles. The molecule has 1 amide bonds. The highest BCUT2D eigenvalue weighted by Crippen LogP contribution is 2.40. The van der Waals surface area contributed by atoms with E-state index in [0.717, 1.165) is 55.8 Å². The van der Waals surface area contributed by atoms with Gasteiger partial charge in [0.25, 0.3) is 5.91 Å². The second kappa shape index (κ2) is 6.25. The van der Waals surface area contributed by atoms with Crippen molar-refractivity contribution < 1.29 is 9.21 Å². The molecule has 1 aromatic carbocycles. The van der Waals surface area contributed by atoms with Gasteiger partial charge >= 0.3 is 0 Å². The van der Waals surface area contributed by atoms with Gasteiger partial charge in [-0.3, -0.25) is 9.48 Å². The summed E-state index contributed by atoms with van der Waals surface area (Å²) >= 11 is 0. The van der Waals surface area contributed by atoms with E-state index < -0.39 is 0 Å². The molecule has 7 nitrogen and oxygen atoms in total. The van der Waals surface area contributed by atoms with Crippen molar-refractivity contribution in [3.8, 4) is 0 Å². The van der Waals surface area contributed by atoms with E-state index in [9.17, 15) is 4.79 Å². The van der Waals surface area contributed by atoms with Crippen LogP contribution in [0.15, 0.2) is 34.9 Å². The number of carbonyl (C=O) groups excluding carboxylic acids is 1. The van der Waals surface area contributed by atoms with Crippen LogP contribution in [0.3, 0.4) is 0 Å². The van der Waals surface area contributed by atoms with E-state index in [0.29, 0.717) is 23.3 Å². The van der Waals surface area contributed by atoms with Crippen molar-refractivity contribution in [2.24, 2.45) is 0 Å².